The average molecular weight is 125 g/mol. The lowest BCUT2D eigenvalue weighted by Gasteiger charge is -2.03. The maximum atomic E-state index is 8.99. The first-order valence-electron chi connectivity index (χ1n) is 2.97. The monoisotopic (exact) mass is 125 g/mol. The molecule has 0 amide bonds. The van der Waals surface area contributed by atoms with Crippen LogP contribution in [0.25, 0.3) is 0 Å². The van der Waals surface area contributed by atoms with Crippen molar-refractivity contribution in [3.8, 4) is 0 Å². The Labute approximate surface area is 55.1 Å². The van der Waals surface area contributed by atoms with Gasteiger partial charge in [0.25, 0.3) is 0 Å². The molecule has 0 radical (unpaired) electrons. The molecule has 1 atom stereocenters. The Hall–Kier alpha value is -0.760. The van der Waals surface area contributed by atoms with Gasteiger partial charge in [0, 0.05) is 12.2 Å². The van der Waals surface area contributed by atoms with Crippen molar-refractivity contribution in [2.75, 3.05) is 13.1 Å². The second-order valence-electron chi connectivity index (χ2n) is 2.25. The second kappa shape index (κ2) is 2.23. The predicted molar refractivity (Wildman–Crippen MR) is 36.9 cm³/mol. The molecule has 0 aromatic carbocycles. The third kappa shape index (κ3) is 1.57. The average Bonchev–Trinajstić information content (AvgIpc) is 2.47. The fraction of sp³-hybridized carbons (Fsp3) is 0.429. The second-order valence-corrected chi connectivity index (χ2v) is 2.25. The van der Waals surface area contributed by atoms with Crippen LogP contribution in [0.3, 0.4) is 0 Å². The van der Waals surface area contributed by atoms with Crippen LogP contribution in [0.1, 0.15) is 0 Å². The number of aliphatic hydroxyl groups is 1. The van der Waals surface area contributed by atoms with Crippen molar-refractivity contribution in [1.29, 1.82) is 0 Å². The maximum Gasteiger partial charge on any atom is 0.0893 e. The number of nitrogens with zero attached hydrogens (tertiary/aromatic N) is 1. The Balaban J connectivity index is 2.18. The Bertz CT molecular complexity index is 142. The number of β-amino-alcohol motifs (C(OH)–C–C–N with tert-alkyl or cyclic N) is 1. The van der Waals surface area contributed by atoms with Gasteiger partial charge < -0.3 is 10.0 Å². The molecule has 0 aliphatic carbocycles. The van der Waals surface area contributed by atoms with Gasteiger partial charge in [0.05, 0.1) is 12.6 Å². The van der Waals surface area contributed by atoms with Crippen LogP contribution in [-0.4, -0.2) is 29.2 Å². The van der Waals surface area contributed by atoms with Crippen LogP contribution < -0.4 is 0 Å². The summed E-state index contributed by atoms with van der Waals surface area (Å²) in [6, 6.07) is 0. The smallest absolute Gasteiger partial charge is 0.0893 e. The van der Waals surface area contributed by atoms with Crippen LogP contribution in [0.2, 0.25) is 0 Å². The van der Waals surface area contributed by atoms with E-state index in [0.717, 1.165) is 12.2 Å². The van der Waals surface area contributed by atoms with Crippen LogP contribution in [0.5, 0.6) is 0 Å². The Morgan fingerprint density at radius 2 is 2.44 bits per heavy atom. The third-order valence-corrected chi connectivity index (χ3v) is 1.40. The van der Waals surface area contributed by atoms with Crippen molar-refractivity contribution in [2.45, 2.75) is 6.10 Å². The minimum Gasteiger partial charge on any atom is -0.387 e. The third-order valence-electron chi connectivity index (χ3n) is 1.40. The van der Waals surface area contributed by atoms with Crippen molar-refractivity contribution in [3.05, 3.63) is 24.9 Å². The van der Waals surface area contributed by atoms with Gasteiger partial charge in [0.2, 0.25) is 0 Å². The fourth-order valence-electron chi connectivity index (χ4n) is 0.679. The van der Waals surface area contributed by atoms with Crippen LogP contribution >= 0.6 is 0 Å². The molecule has 50 valence electrons. The van der Waals surface area contributed by atoms with Crippen molar-refractivity contribution < 1.29 is 5.11 Å². The zero-order chi connectivity index (χ0) is 6.85. The predicted octanol–water partition coefficient (Wildman–Crippen LogP) is 0.363. The summed E-state index contributed by atoms with van der Waals surface area (Å²) in [5.74, 6) is 0. The van der Waals surface area contributed by atoms with E-state index < -0.39 is 6.10 Å². The standard InChI is InChI=1S/C7H11NO/c1-3-7(9)5-8-4-6(8)2/h3,7,9H,1-2,4-5H2/t7-,8?/m0/s1. The highest BCUT2D eigenvalue weighted by atomic mass is 16.3. The SMILES string of the molecule is C=C[C@H](O)CN1CC1=C. The number of hydrogen-bond donors (Lipinski definition) is 1. The molecule has 2 nitrogen and oxygen atoms in total. The van der Waals surface area contributed by atoms with Gasteiger partial charge >= 0.3 is 0 Å². The molecule has 1 heterocycles. The van der Waals surface area contributed by atoms with Gasteiger partial charge in [0.15, 0.2) is 0 Å². The zero-order valence-electron chi connectivity index (χ0n) is 5.38. The molecular weight excluding hydrogens is 114 g/mol. The molecule has 1 aliphatic heterocycles. The molecule has 0 unspecified atom stereocenters. The molecule has 0 aromatic rings. The minimum atomic E-state index is -0.399. The molecule has 1 saturated heterocycles. The zero-order valence-corrected chi connectivity index (χ0v) is 5.38. The molecular formula is C7H11NO. The summed E-state index contributed by atoms with van der Waals surface area (Å²) in [6.45, 7) is 8.77. The highest BCUT2D eigenvalue weighted by Crippen LogP contribution is 2.18. The first-order chi connectivity index (χ1) is 4.24. The lowest BCUT2D eigenvalue weighted by Crippen LogP contribution is -2.15. The molecule has 0 spiro atoms. The molecule has 0 aromatic heterocycles. The fourth-order valence-corrected chi connectivity index (χ4v) is 0.679. The first-order valence-corrected chi connectivity index (χ1v) is 2.97. The van der Waals surface area contributed by atoms with Crippen molar-refractivity contribution in [3.63, 3.8) is 0 Å². The largest absolute Gasteiger partial charge is 0.387 e. The summed E-state index contributed by atoms with van der Waals surface area (Å²) in [7, 11) is 0. The molecule has 1 rings (SSSR count). The van der Waals surface area contributed by atoms with E-state index in [9.17, 15) is 0 Å². The lowest BCUT2D eigenvalue weighted by molar-refractivity contribution is 0.202. The Kier molecular flexibility index (Phi) is 1.58. The molecule has 1 N–H and O–H groups in total. The van der Waals surface area contributed by atoms with Crippen LogP contribution in [-0.2, 0) is 0 Å². The maximum absolute atomic E-state index is 8.99. The minimum absolute atomic E-state index is 0.399. The van der Waals surface area contributed by atoms with Gasteiger partial charge in [-0.15, -0.1) is 6.58 Å². The highest BCUT2D eigenvalue weighted by Gasteiger charge is 2.23. The summed E-state index contributed by atoms with van der Waals surface area (Å²) in [6.07, 6.45) is 1.13. The van der Waals surface area contributed by atoms with Crippen LogP contribution in [0, 0.1) is 0 Å². The van der Waals surface area contributed by atoms with E-state index in [-0.39, 0.29) is 0 Å². The Morgan fingerprint density at radius 1 is 1.89 bits per heavy atom. The summed E-state index contributed by atoms with van der Waals surface area (Å²) in [5.41, 5.74) is 1.11. The summed E-state index contributed by atoms with van der Waals surface area (Å²) in [4.78, 5) is 2.01. The van der Waals surface area contributed by atoms with Gasteiger partial charge in [0.1, 0.15) is 0 Å². The van der Waals surface area contributed by atoms with E-state index in [1.807, 2.05) is 4.90 Å². The normalized spacial score (nSPS) is 19.7. The van der Waals surface area contributed by atoms with Gasteiger partial charge in [-0.25, -0.2) is 0 Å². The Morgan fingerprint density at radius 3 is 2.78 bits per heavy atom. The van der Waals surface area contributed by atoms with Crippen molar-refractivity contribution in [1.82, 2.24) is 4.90 Å². The van der Waals surface area contributed by atoms with Crippen LogP contribution in [0.15, 0.2) is 24.9 Å². The topological polar surface area (TPSA) is 23.2 Å². The molecule has 0 bridgehead atoms. The summed E-state index contributed by atoms with van der Waals surface area (Å²) in [5, 5.41) is 8.99. The van der Waals surface area contributed by atoms with Gasteiger partial charge in [-0.05, 0) is 0 Å². The summed E-state index contributed by atoms with van der Waals surface area (Å²) >= 11 is 0. The van der Waals surface area contributed by atoms with Gasteiger partial charge in [-0.2, -0.15) is 0 Å². The van der Waals surface area contributed by atoms with E-state index in [2.05, 4.69) is 13.2 Å². The molecule has 1 fully saturated rings. The first kappa shape index (κ1) is 6.36. The van der Waals surface area contributed by atoms with E-state index in [1.165, 1.54) is 6.08 Å². The quantitative estimate of drug-likeness (QED) is 0.435. The van der Waals surface area contributed by atoms with Crippen LogP contribution in [0.4, 0.5) is 0 Å². The van der Waals surface area contributed by atoms with E-state index in [1.54, 1.807) is 0 Å². The van der Waals surface area contributed by atoms with Crippen molar-refractivity contribution in [2.24, 2.45) is 0 Å². The van der Waals surface area contributed by atoms with Gasteiger partial charge in [-0.3, -0.25) is 0 Å². The van der Waals surface area contributed by atoms with E-state index in [4.69, 9.17) is 5.11 Å². The number of aliphatic hydroxyl groups excluding tert-OH is 1. The number of rotatable bonds is 3. The molecule has 2 heteroatoms. The lowest BCUT2D eigenvalue weighted by atomic mass is 10.3. The van der Waals surface area contributed by atoms with Gasteiger partial charge in [-0.1, -0.05) is 12.7 Å². The van der Waals surface area contributed by atoms with Crippen molar-refractivity contribution >= 4 is 0 Å². The highest BCUT2D eigenvalue weighted by molar-refractivity contribution is 5.13. The van der Waals surface area contributed by atoms with E-state index >= 15 is 0 Å². The van der Waals surface area contributed by atoms with E-state index in [0.29, 0.717) is 6.54 Å². The number of hydrogen-bond acceptors (Lipinski definition) is 2. The molecule has 1 aliphatic rings. The molecule has 0 saturated carbocycles. The molecule has 9 heavy (non-hydrogen) atoms. The summed E-state index contributed by atoms with van der Waals surface area (Å²) < 4.78 is 0.